The highest BCUT2D eigenvalue weighted by atomic mass is 16.2. The van der Waals surface area contributed by atoms with Crippen LogP contribution in [-0.2, 0) is 9.59 Å². The normalized spacial score (nSPS) is 11.1. The highest BCUT2D eigenvalue weighted by Crippen LogP contribution is 2.24. The Bertz CT molecular complexity index is 1620. The van der Waals surface area contributed by atoms with Crippen molar-refractivity contribution in [3.8, 4) is 22.8 Å². The first-order valence-electron chi connectivity index (χ1n) is 13.3. The highest BCUT2D eigenvalue weighted by molar-refractivity contribution is 5.93. The molecule has 0 radical (unpaired) electrons. The Kier molecular flexibility index (Phi) is 7.05. The maximum Gasteiger partial charge on any atom is 0.224 e. The van der Waals surface area contributed by atoms with Gasteiger partial charge in [-0.15, -0.1) is 0 Å². The molecule has 0 atom stereocenters. The van der Waals surface area contributed by atoms with Crippen LogP contribution in [0.2, 0.25) is 0 Å². The third kappa shape index (κ3) is 5.76. The van der Waals surface area contributed by atoms with Crippen LogP contribution in [-0.4, -0.2) is 31.8 Å². The van der Waals surface area contributed by atoms with Gasteiger partial charge in [0.25, 0.3) is 0 Å². The van der Waals surface area contributed by atoms with Crippen LogP contribution in [0.25, 0.3) is 44.8 Å². The van der Waals surface area contributed by atoms with Crippen molar-refractivity contribution < 1.29 is 9.59 Å². The van der Waals surface area contributed by atoms with E-state index in [-0.39, 0.29) is 11.8 Å². The zero-order valence-electron chi connectivity index (χ0n) is 21.8. The topological polar surface area (TPSA) is 116 Å². The van der Waals surface area contributed by atoms with Gasteiger partial charge in [-0.2, -0.15) is 0 Å². The van der Waals surface area contributed by atoms with Crippen molar-refractivity contribution in [3.05, 3.63) is 97.1 Å². The third-order valence-corrected chi connectivity index (χ3v) is 6.68. The predicted molar refractivity (Wildman–Crippen MR) is 159 cm³/mol. The number of amides is 2. The second-order valence-electron chi connectivity index (χ2n) is 9.67. The molecule has 0 aliphatic heterocycles. The predicted octanol–water partition coefficient (Wildman–Crippen LogP) is 6.91. The van der Waals surface area contributed by atoms with E-state index in [0.29, 0.717) is 37.1 Å². The number of hydrogen-bond acceptors (Lipinski definition) is 4. The van der Waals surface area contributed by atoms with Crippen LogP contribution in [0.15, 0.2) is 97.1 Å². The summed E-state index contributed by atoms with van der Waals surface area (Å²) < 4.78 is 0. The van der Waals surface area contributed by atoms with E-state index in [0.717, 1.165) is 44.8 Å². The number of nitrogens with zero attached hydrogens (tertiary/aromatic N) is 2. The van der Waals surface area contributed by atoms with Crippen molar-refractivity contribution >= 4 is 45.3 Å². The van der Waals surface area contributed by atoms with Gasteiger partial charge in [-0.3, -0.25) is 9.59 Å². The standard InChI is InChI=1S/C32H28N6O2/c39-29(33-23-11-7-9-21(19-23)31-35-25-13-1-2-14-26(25)36-31)17-5-6-18-30(40)34-24-12-8-10-22(20-24)32-37-27-15-3-4-16-28(27)38-32/h1-4,7-16,19-20H,5-6,17-18H2,(H,33,39)(H,34,40)(H,35,36)(H,37,38). The van der Waals surface area contributed by atoms with Crippen molar-refractivity contribution in [3.63, 3.8) is 0 Å². The number of para-hydroxylation sites is 4. The molecule has 0 aliphatic carbocycles. The molecule has 2 amide bonds. The number of rotatable bonds is 9. The Hall–Kier alpha value is -5.24. The molecule has 8 heteroatoms. The average Bonchev–Trinajstić information content (AvgIpc) is 3.60. The molecule has 198 valence electrons. The molecule has 0 saturated carbocycles. The number of nitrogens with one attached hydrogen (secondary N) is 4. The summed E-state index contributed by atoms with van der Waals surface area (Å²) in [5, 5.41) is 5.91. The number of H-pyrrole nitrogens is 2. The molecule has 0 fully saturated rings. The molecule has 2 aromatic heterocycles. The summed E-state index contributed by atoms with van der Waals surface area (Å²) in [7, 11) is 0. The summed E-state index contributed by atoms with van der Waals surface area (Å²) in [6.07, 6.45) is 1.90. The molecule has 40 heavy (non-hydrogen) atoms. The fourth-order valence-electron chi connectivity index (χ4n) is 4.69. The van der Waals surface area contributed by atoms with Gasteiger partial charge in [-0.1, -0.05) is 48.5 Å². The van der Waals surface area contributed by atoms with E-state index in [1.807, 2.05) is 97.1 Å². The molecule has 8 nitrogen and oxygen atoms in total. The fraction of sp³-hybridized carbons (Fsp3) is 0.125. The maximum atomic E-state index is 12.5. The molecular weight excluding hydrogens is 500 g/mol. The van der Waals surface area contributed by atoms with Gasteiger partial charge in [0.2, 0.25) is 11.8 Å². The summed E-state index contributed by atoms with van der Waals surface area (Å²) >= 11 is 0. The lowest BCUT2D eigenvalue weighted by Crippen LogP contribution is -2.13. The average molecular weight is 529 g/mol. The van der Waals surface area contributed by atoms with Crippen molar-refractivity contribution in [1.82, 2.24) is 19.9 Å². The molecule has 0 spiro atoms. The second-order valence-corrected chi connectivity index (χ2v) is 9.67. The van der Waals surface area contributed by atoms with Gasteiger partial charge in [0.15, 0.2) is 0 Å². The Balaban J connectivity index is 0.974. The van der Waals surface area contributed by atoms with Gasteiger partial charge in [0.05, 0.1) is 22.1 Å². The van der Waals surface area contributed by atoms with Crippen LogP contribution in [0, 0.1) is 0 Å². The van der Waals surface area contributed by atoms with Crippen LogP contribution in [0.1, 0.15) is 25.7 Å². The number of imidazole rings is 2. The van der Waals surface area contributed by atoms with Crippen molar-refractivity contribution in [2.24, 2.45) is 0 Å². The van der Waals surface area contributed by atoms with E-state index in [2.05, 4.69) is 30.6 Å². The summed E-state index contributed by atoms with van der Waals surface area (Å²) in [6.45, 7) is 0. The molecule has 0 aliphatic rings. The molecule has 0 bridgehead atoms. The first-order valence-corrected chi connectivity index (χ1v) is 13.3. The van der Waals surface area contributed by atoms with E-state index >= 15 is 0 Å². The van der Waals surface area contributed by atoms with Crippen LogP contribution in [0.5, 0.6) is 0 Å². The molecule has 6 rings (SSSR count). The minimum absolute atomic E-state index is 0.0827. The van der Waals surface area contributed by atoms with Crippen LogP contribution in [0.3, 0.4) is 0 Å². The number of benzene rings is 4. The van der Waals surface area contributed by atoms with E-state index in [4.69, 9.17) is 0 Å². The molecule has 0 unspecified atom stereocenters. The minimum Gasteiger partial charge on any atom is -0.338 e. The molecule has 0 saturated heterocycles. The number of aromatic nitrogens is 4. The van der Waals surface area contributed by atoms with Gasteiger partial charge < -0.3 is 20.6 Å². The number of hydrogen-bond donors (Lipinski definition) is 4. The number of unbranched alkanes of at least 4 members (excludes halogenated alkanes) is 1. The number of carbonyl (C=O) groups is 2. The number of anilines is 2. The SMILES string of the molecule is O=C(CCCCC(=O)Nc1cccc(-c2nc3ccccc3[nH]2)c1)Nc1cccc(-c2nc3ccccc3[nH]2)c1. The number of fused-ring (bicyclic) bond motifs is 2. The Morgan fingerprint density at radius 3 is 1.48 bits per heavy atom. The number of carbonyl (C=O) groups excluding carboxylic acids is 2. The Morgan fingerprint density at radius 2 is 1.02 bits per heavy atom. The first kappa shape index (κ1) is 25.1. The molecule has 2 heterocycles. The fourth-order valence-corrected chi connectivity index (χ4v) is 4.69. The Labute approximate surface area is 230 Å². The van der Waals surface area contributed by atoms with Gasteiger partial charge in [-0.05, 0) is 61.4 Å². The number of aromatic amines is 2. The van der Waals surface area contributed by atoms with Gasteiger partial charge >= 0.3 is 0 Å². The molecule has 6 aromatic rings. The summed E-state index contributed by atoms with van der Waals surface area (Å²) in [5.41, 5.74) is 6.95. The van der Waals surface area contributed by atoms with Gasteiger partial charge in [0, 0.05) is 35.3 Å². The summed E-state index contributed by atoms with van der Waals surface area (Å²) in [5.74, 6) is 1.35. The van der Waals surface area contributed by atoms with Crippen LogP contribution < -0.4 is 10.6 Å². The van der Waals surface area contributed by atoms with E-state index in [1.54, 1.807) is 0 Å². The van der Waals surface area contributed by atoms with Crippen molar-refractivity contribution in [2.75, 3.05) is 10.6 Å². The lowest BCUT2D eigenvalue weighted by Gasteiger charge is -2.08. The van der Waals surface area contributed by atoms with Crippen molar-refractivity contribution in [1.29, 1.82) is 0 Å². The summed E-state index contributed by atoms with van der Waals surface area (Å²) in [6, 6.07) is 30.9. The minimum atomic E-state index is -0.0827. The zero-order chi connectivity index (χ0) is 27.3. The highest BCUT2D eigenvalue weighted by Gasteiger charge is 2.10. The Morgan fingerprint density at radius 1 is 0.575 bits per heavy atom. The lowest BCUT2D eigenvalue weighted by molar-refractivity contribution is -0.118. The quantitative estimate of drug-likeness (QED) is 0.153. The van der Waals surface area contributed by atoms with Crippen LogP contribution in [0.4, 0.5) is 11.4 Å². The maximum absolute atomic E-state index is 12.5. The molecule has 4 N–H and O–H groups in total. The monoisotopic (exact) mass is 528 g/mol. The smallest absolute Gasteiger partial charge is 0.224 e. The van der Waals surface area contributed by atoms with E-state index in [1.165, 1.54) is 0 Å². The lowest BCUT2D eigenvalue weighted by atomic mass is 10.1. The largest absolute Gasteiger partial charge is 0.338 e. The van der Waals surface area contributed by atoms with Crippen molar-refractivity contribution in [2.45, 2.75) is 25.7 Å². The van der Waals surface area contributed by atoms with E-state index in [9.17, 15) is 9.59 Å². The van der Waals surface area contributed by atoms with Gasteiger partial charge in [-0.25, -0.2) is 9.97 Å². The first-order chi connectivity index (χ1) is 19.6. The second kappa shape index (κ2) is 11.2. The molecule has 4 aromatic carbocycles. The van der Waals surface area contributed by atoms with Gasteiger partial charge in [0.1, 0.15) is 11.6 Å². The molecular formula is C32H28N6O2. The zero-order valence-corrected chi connectivity index (χ0v) is 21.8. The third-order valence-electron chi connectivity index (χ3n) is 6.68. The van der Waals surface area contributed by atoms with Crippen LogP contribution >= 0.6 is 0 Å². The van der Waals surface area contributed by atoms with E-state index < -0.39 is 0 Å². The summed E-state index contributed by atoms with van der Waals surface area (Å²) in [4.78, 5) is 40.9.